The normalized spacial score (nSPS) is 10.7. The van der Waals surface area contributed by atoms with Crippen LogP contribution in [0, 0.1) is 0 Å². The van der Waals surface area contributed by atoms with Gasteiger partial charge in [0, 0.05) is 11.1 Å². The van der Waals surface area contributed by atoms with Gasteiger partial charge in [0.15, 0.2) is 5.78 Å². The molecule has 0 heterocycles. The van der Waals surface area contributed by atoms with Crippen molar-refractivity contribution in [3.63, 3.8) is 0 Å². The lowest BCUT2D eigenvalue weighted by atomic mass is 10.0. The largest absolute Gasteiger partial charge is 0.497 e. The third kappa shape index (κ3) is 4.01. The smallest absolute Gasteiger partial charge is 0.185 e. The van der Waals surface area contributed by atoms with Gasteiger partial charge in [0.25, 0.3) is 0 Å². The minimum Gasteiger partial charge on any atom is -0.497 e. The highest BCUT2D eigenvalue weighted by Gasteiger charge is 2.05. The van der Waals surface area contributed by atoms with Crippen LogP contribution < -0.4 is 9.47 Å². The molecule has 0 atom stereocenters. The zero-order chi connectivity index (χ0) is 18.4. The molecular weight excluding hydrogens is 324 g/mol. The van der Waals surface area contributed by atoms with Gasteiger partial charge in [-0.2, -0.15) is 0 Å². The Labute approximate surface area is 153 Å². The number of benzene rings is 3. The summed E-state index contributed by atoms with van der Waals surface area (Å²) in [6.45, 7) is 0. The quantitative estimate of drug-likeness (QED) is 0.451. The summed E-state index contributed by atoms with van der Waals surface area (Å²) in [5.74, 6) is 1.34. The molecule has 0 N–H and O–H groups in total. The van der Waals surface area contributed by atoms with E-state index in [-0.39, 0.29) is 5.78 Å². The third-order valence-electron chi connectivity index (χ3n) is 4.13. The molecule has 0 aromatic heterocycles. The molecule has 26 heavy (non-hydrogen) atoms. The van der Waals surface area contributed by atoms with Crippen molar-refractivity contribution in [2.24, 2.45) is 0 Å². The second-order valence-corrected chi connectivity index (χ2v) is 5.75. The van der Waals surface area contributed by atoms with Gasteiger partial charge < -0.3 is 9.47 Å². The van der Waals surface area contributed by atoms with E-state index in [2.05, 4.69) is 0 Å². The first-order valence-corrected chi connectivity index (χ1v) is 8.31. The molecule has 3 aromatic rings. The SMILES string of the molecule is COc1ccc(OC)c(/C=C/C(=O)c2ccc(-c3ccccc3)cc2)c1. The van der Waals surface area contributed by atoms with Crippen LogP contribution in [0.3, 0.4) is 0 Å². The van der Waals surface area contributed by atoms with E-state index in [4.69, 9.17) is 9.47 Å². The van der Waals surface area contributed by atoms with Crippen molar-refractivity contribution in [3.05, 3.63) is 90.0 Å². The van der Waals surface area contributed by atoms with E-state index in [1.807, 2.05) is 72.8 Å². The fraction of sp³-hybridized carbons (Fsp3) is 0.0870. The fourth-order valence-electron chi connectivity index (χ4n) is 2.69. The fourth-order valence-corrected chi connectivity index (χ4v) is 2.69. The van der Waals surface area contributed by atoms with Crippen molar-refractivity contribution in [1.29, 1.82) is 0 Å². The lowest BCUT2D eigenvalue weighted by Crippen LogP contribution is -1.94. The number of methoxy groups -OCH3 is 2. The van der Waals surface area contributed by atoms with Crippen LogP contribution in [-0.2, 0) is 0 Å². The zero-order valence-electron chi connectivity index (χ0n) is 14.8. The lowest BCUT2D eigenvalue weighted by Gasteiger charge is -2.07. The number of hydrogen-bond acceptors (Lipinski definition) is 3. The molecule has 3 heteroatoms. The number of hydrogen-bond donors (Lipinski definition) is 0. The Morgan fingerprint density at radius 3 is 2.15 bits per heavy atom. The first-order valence-electron chi connectivity index (χ1n) is 8.31. The molecule has 0 fully saturated rings. The summed E-state index contributed by atoms with van der Waals surface area (Å²) in [6, 6.07) is 23.2. The molecule has 0 radical (unpaired) electrons. The van der Waals surface area contributed by atoms with Gasteiger partial charge in [0.1, 0.15) is 11.5 Å². The van der Waals surface area contributed by atoms with Gasteiger partial charge >= 0.3 is 0 Å². The number of rotatable bonds is 6. The number of ether oxygens (including phenoxy) is 2. The van der Waals surface area contributed by atoms with Crippen LogP contribution in [-0.4, -0.2) is 20.0 Å². The van der Waals surface area contributed by atoms with Crippen LogP contribution in [0.2, 0.25) is 0 Å². The summed E-state index contributed by atoms with van der Waals surface area (Å²) in [5.41, 5.74) is 3.65. The second-order valence-electron chi connectivity index (χ2n) is 5.75. The van der Waals surface area contributed by atoms with Crippen molar-refractivity contribution >= 4 is 11.9 Å². The summed E-state index contributed by atoms with van der Waals surface area (Å²) in [6.07, 6.45) is 3.30. The number of carbonyl (C=O) groups is 1. The van der Waals surface area contributed by atoms with Crippen LogP contribution >= 0.6 is 0 Å². The van der Waals surface area contributed by atoms with Gasteiger partial charge in [0.2, 0.25) is 0 Å². The molecule has 0 saturated heterocycles. The minimum atomic E-state index is -0.0607. The minimum absolute atomic E-state index is 0.0607. The molecule has 3 aromatic carbocycles. The van der Waals surface area contributed by atoms with Gasteiger partial charge in [-0.3, -0.25) is 4.79 Å². The van der Waals surface area contributed by atoms with E-state index < -0.39 is 0 Å². The van der Waals surface area contributed by atoms with E-state index in [1.165, 1.54) is 0 Å². The molecular formula is C23H20O3. The Balaban J connectivity index is 1.79. The molecule has 0 spiro atoms. The van der Waals surface area contributed by atoms with Crippen molar-refractivity contribution in [2.75, 3.05) is 14.2 Å². The van der Waals surface area contributed by atoms with Crippen LogP contribution in [0.25, 0.3) is 17.2 Å². The van der Waals surface area contributed by atoms with Crippen molar-refractivity contribution < 1.29 is 14.3 Å². The molecule has 0 unspecified atom stereocenters. The second kappa shape index (κ2) is 8.17. The highest BCUT2D eigenvalue weighted by atomic mass is 16.5. The van der Waals surface area contributed by atoms with Gasteiger partial charge in [-0.25, -0.2) is 0 Å². The van der Waals surface area contributed by atoms with Crippen molar-refractivity contribution in [1.82, 2.24) is 0 Å². The highest BCUT2D eigenvalue weighted by molar-refractivity contribution is 6.07. The Morgan fingerprint density at radius 1 is 0.808 bits per heavy atom. The summed E-state index contributed by atoms with van der Waals surface area (Å²) >= 11 is 0. The summed E-state index contributed by atoms with van der Waals surface area (Å²) in [7, 11) is 3.21. The van der Waals surface area contributed by atoms with Gasteiger partial charge in [-0.15, -0.1) is 0 Å². The average molecular weight is 344 g/mol. The average Bonchev–Trinajstić information content (AvgIpc) is 2.72. The predicted molar refractivity (Wildman–Crippen MR) is 105 cm³/mol. The standard InChI is InChI=1S/C23H20O3/c1-25-21-13-15-23(26-2)20(16-21)12-14-22(24)19-10-8-18(9-11-19)17-6-4-3-5-7-17/h3-16H,1-2H3/b14-12+. The van der Waals surface area contributed by atoms with E-state index in [0.29, 0.717) is 17.1 Å². The summed E-state index contributed by atoms with van der Waals surface area (Å²) in [5, 5.41) is 0. The van der Waals surface area contributed by atoms with Crippen LogP contribution in [0.15, 0.2) is 78.9 Å². The molecule has 0 aliphatic carbocycles. The van der Waals surface area contributed by atoms with E-state index in [1.54, 1.807) is 26.4 Å². The summed E-state index contributed by atoms with van der Waals surface area (Å²) < 4.78 is 10.6. The summed E-state index contributed by atoms with van der Waals surface area (Å²) in [4.78, 5) is 12.5. The first kappa shape index (κ1) is 17.5. The first-order chi connectivity index (χ1) is 12.7. The molecule has 0 saturated carbocycles. The lowest BCUT2D eigenvalue weighted by molar-refractivity contribution is 0.104. The Bertz CT molecular complexity index is 910. The van der Waals surface area contributed by atoms with E-state index in [9.17, 15) is 4.79 Å². The molecule has 3 rings (SSSR count). The van der Waals surface area contributed by atoms with Crippen LogP contribution in [0.1, 0.15) is 15.9 Å². The number of allylic oxidation sites excluding steroid dienone is 1. The predicted octanol–water partition coefficient (Wildman–Crippen LogP) is 5.27. The topological polar surface area (TPSA) is 35.5 Å². The van der Waals surface area contributed by atoms with Crippen LogP contribution in [0.4, 0.5) is 0 Å². The van der Waals surface area contributed by atoms with Crippen LogP contribution in [0.5, 0.6) is 11.5 Å². The van der Waals surface area contributed by atoms with Gasteiger partial charge in [0.05, 0.1) is 14.2 Å². The van der Waals surface area contributed by atoms with Gasteiger partial charge in [-0.05, 0) is 41.5 Å². The van der Waals surface area contributed by atoms with E-state index >= 15 is 0 Å². The maximum Gasteiger partial charge on any atom is 0.185 e. The molecule has 0 aliphatic rings. The highest BCUT2D eigenvalue weighted by Crippen LogP contribution is 2.25. The maximum absolute atomic E-state index is 12.5. The molecule has 0 amide bonds. The molecule has 3 nitrogen and oxygen atoms in total. The van der Waals surface area contributed by atoms with Crippen molar-refractivity contribution in [2.45, 2.75) is 0 Å². The number of ketones is 1. The Hall–Kier alpha value is -3.33. The monoisotopic (exact) mass is 344 g/mol. The third-order valence-corrected chi connectivity index (χ3v) is 4.13. The van der Waals surface area contributed by atoms with Gasteiger partial charge in [-0.1, -0.05) is 54.6 Å². The Kier molecular flexibility index (Phi) is 5.49. The van der Waals surface area contributed by atoms with Crippen molar-refractivity contribution in [3.8, 4) is 22.6 Å². The molecule has 0 aliphatic heterocycles. The zero-order valence-corrected chi connectivity index (χ0v) is 14.8. The number of carbonyl (C=O) groups excluding carboxylic acids is 1. The Morgan fingerprint density at radius 2 is 1.50 bits per heavy atom. The molecule has 0 bridgehead atoms. The van der Waals surface area contributed by atoms with E-state index in [0.717, 1.165) is 16.7 Å². The molecule has 130 valence electrons. The maximum atomic E-state index is 12.5.